The molecule has 3 aromatic rings. The van der Waals surface area contributed by atoms with Crippen molar-refractivity contribution in [2.75, 3.05) is 11.1 Å². The van der Waals surface area contributed by atoms with Crippen molar-refractivity contribution in [1.82, 2.24) is 9.97 Å². The summed E-state index contributed by atoms with van der Waals surface area (Å²) in [6.07, 6.45) is 3.56. The molecule has 0 aliphatic carbocycles. The Balaban J connectivity index is 1.69. The fraction of sp³-hybridized carbons (Fsp3) is 0.111. The normalized spacial score (nSPS) is 10.4. The zero-order valence-electron chi connectivity index (χ0n) is 12.5. The second-order valence-electron chi connectivity index (χ2n) is 5.20. The van der Waals surface area contributed by atoms with E-state index in [1.165, 1.54) is 5.56 Å². The van der Waals surface area contributed by atoms with Gasteiger partial charge in [-0.15, -0.1) is 0 Å². The second-order valence-corrected chi connectivity index (χ2v) is 5.20. The lowest BCUT2D eigenvalue weighted by atomic mass is 10.1. The van der Waals surface area contributed by atoms with Crippen molar-refractivity contribution >= 4 is 11.5 Å². The summed E-state index contributed by atoms with van der Waals surface area (Å²) in [5.74, 6) is 0.758. The molecule has 0 aliphatic rings. The van der Waals surface area contributed by atoms with E-state index in [1.54, 1.807) is 12.4 Å². The number of anilines is 2. The third kappa shape index (κ3) is 3.23. The largest absolute Gasteiger partial charge is 0.399 e. The fourth-order valence-corrected chi connectivity index (χ4v) is 2.25. The van der Waals surface area contributed by atoms with Gasteiger partial charge < -0.3 is 11.1 Å². The highest BCUT2D eigenvalue weighted by molar-refractivity contribution is 5.62. The Morgan fingerprint density at radius 2 is 1.73 bits per heavy atom. The zero-order chi connectivity index (χ0) is 15.4. The van der Waals surface area contributed by atoms with Crippen LogP contribution in [0.25, 0.3) is 11.3 Å². The van der Waals surface area contributed by atoms with Gasteiger partial charge in [0.15, 0.2) is 0 Å². The Morgan fingerprint density at radius 1 is 0.955 bits per heavy atom. The van der Waals surface area contributed by atoms with E-state index in [0.29, 0.717) is 6.54 Å². The lowest BCUT2D eigenvalue weighted by molar-refractivity contribution is 1.09. The quantitative estimate of drug-likeness (QED) is 0.720. The molecule has 0 spiro atoms. The maximum Gasteiger partial charge on any atom is 0.144 e. The first-order valence-corrected chi connectivity index (χ1v) is 7.19. The van der Waals surface area contributed by atoms with E-state index in [1.807, 2.05) is 36.4 Å². The first-order valence-electron chi connectivity index (χ1n) is 7.19. The van der Waals surface area contributed by atoms with Crippen LogP contribution in [0.5, 0.6) is 0 Å². The number of hydrogen-bond acceptors (Lipinski definition) is 4. The summed E-state index contributed by atoms with van der Waals surface area (Å²) in [7, 11) is 0. The summed E-state index contributed by atoms with van der Waals surface area (Å²) in [5, 5.41) is 3.26. The number of nitrogen functional groups attached to an aromatic ring is 1. The first kappa shape index (κ1) is 14.1. The van der Waals surface area contributed by atoms with Crippen molar-refractivity contribution in [3.8, 4) is 11.3 Å². The van der Waals surface area contributed by atoms with Gasteiger partial charge in [0.25, 0.3) is 0 Å². The monoisotopic (exact) mass is 290 g/mol. The molecule has 3 N–H and O–H groups in total. The van der Waals surface area contributed by atoms with E-state index in [-0.39, 0.29) is 0 Å². The fourth-order valence-electron chi connectivity index (χ4n) is 2.25. The van der Waals surface area contributed by atoms with Crippen molar-refractivity contribution in [1.29, 1.82) is 0 Å². The number of benzene rings is 2. The van der Waals surface area contributed by atoms with Gasteiger partial charge in [-0.2, -0.15) is 0 Å². The van der Waals surface area contributed by atoms with Gasteiger partial charge >= 0.3 is 0 Å². The average molecular weight is 290 g/mol. The van der Waals surface area contributed by atoms with Gasteiger partial charge in [-0.1, -0.05) is 36.4 Å². The summed E-state index contributed by atoms with van der Waals surface area (Å²) in [6.45, 7) is 2.77. The molecule has 4 heteroatoms. The minimum absolute atomic E-state index is 0.693. The van der Waals surface area contributed by atoms with E-state index in [0.717, 1.165) is 28.3 Å². The molecule has 0 unspecified atom stereocenters. The van der Waals surface area contributed by atoms with Gasteiger partial charge in [0.05, 0.1) is 18.1 Å². The minimum atomic E-state index is 0.693. The molecule has 110 valence electrons. The predicted molar refractivity (Wildman–Crippen MR) is 90.4 cm³/mol. The van der Waals surface area contributed by atoms with Crippen LogP contribution in [0.4, 0.5) is 11.5 Å². The summed E-state index contributed by atoms with van der Waals surface area (Å²) in [5.41, 5.74) is 10.8. The number of aryl methyl sites for hydroxylation is 1. The van der Waals surface area contributed by atoms with Gasteiger partial charge in [-0.25, -0.2) is 4.98 Å². The summed E-state index contributed by atoms with van der Waals surface area (Å²) < 4.78 is 0. The lowest BCUT2D eigenvalue weighted by Crippen LogP contribution is -2.02. The Bertz CT molecular complexity index is 749. The molecule has 0 aliphatic heterocycles. The smallest absolute Gasteiger partial charge is 0.144 e. The van der Waals surface area contributed by atoms with Crippen molar-refractivity contribution in [2.45, 2.75) is 13.5 Å². The van der Waals surface area contributed by atoms with Crippen LogP contribution >= 0.6 is 0 Å². The molecule has 0 fully saturated rings. The molecule has 0 radical (unpaired) electrons. The van der Waals surface area contributed by atoms with Crippen molar-refractivity contribution in [3.05, 3.63) is 72.1 Å². The van der Waals surface area contributed by atoms with E-state index >= 15 is 0 Å². The third-order valence-electron chi connectivity index (χ3n) is 3.53. The van der Waals surface area contributed by atoms with Crippen LogP contribution < -0.4 is 11.1 Å². The number of rotatable bonds is 4. The van der Waals surface area contributed by atoms with Crippen LogP contribution in [-0.2, 0) is 6.54 Å². The zero-order valence-corrected chi connectivity index (χ0v) is 12.5. The van der Waals surface area contributed by atoms with Crippen molar-refractivity contribution < 1.29 is 0 Å². The highest BCUT2D eigenvalue weighted by Gasteiger charge is 2.03. The molecule has 0 saturated heterocycles. The van der Waals surface area contributed by atoms with E-state index in [4.69, 9.17) is 5.73 Å². The molecule has 1 aromatic heterocycles. The molecule has 2 aromatic carbocycles. The van der Waals surface area contributed by atoms with E-state index in [2.05, 4.69) is 34.3 Å². The van der Waals surface area contributed by atoms with Crippen LogP contribution in [0.2, 0.25) is 0 Å². The molecule has 0 atom stereocenters. The second kappa shape index (κ2) is 6.26. The topological polar surface area (TPSA) is 63.8 Å². The molecule has 4 nitrogen and oxygen atoms in total. The highest BCUT2D eigenvalue weighted by Crippen LogP contribution is 2.20. The number of aromatic nitrogens is 2. The van der Waals surface area contributed by atoms with Gasteiger partial charge in [0.1, 0.15) is 5.82 Å². The molecule has 1 heterocycles. The van der Waals surface area contributed by atoms with Crippen LogP contribution in [0.1, 0.15) is 11.1 Å². The molecule has 22 heavy (non-hydrogen) atoms. The SMILES string of the molecule is Cc1ccccc1-c1cnc(NCc2ccc(N)cc2)cn1. The lowest BCUT2D eigenvalue weighted by Gasteiger charge is -2.08. The summed E-state index contributed by atoms with van der Waals surface area (Å²) >= 11 is 0. The van der Waals surface area contributed by atoms with Crippen LogP contribution in [0.3, 0.4) is 0 Å². The Labute approximate surface area is 130 Å². The molecule has 0 amide bonds. The van der Waals surface area contributed by atoms with Gasteiger partial charge in [-0.05, 0) is 30.2 Å². The summed E-state index contributed by atoms with van der Waals surface area (Å²) in [4.78, 5) is 8.92. The van der Waals surface area contributed by atoms with Gasteiger partial charge in [0, 0.05) is 17.8 Å². The molecular weight excluding hydrogens is 272 g/mol. The van der Waals surface area contributed by atoms with E-state index in [9.17, 15) is 0 Å². The first-order chi connectivity index (χ1) is 10.7. The van der Waals surface area contributed by atoms with Crippen LogP contribution in [0, 0.1) is 6.92 Å². The highest BCUT2D eigenvalue weighted by atomic mass is 15.0. The standard InChI is InChI=1S/C18H18N4/c1-13-4-2-3-5-16(13)17-11-22-18(12-20-17)21-10-14-6-8-15(19)9-7-14/h2-9,11-12H,10,19H2,1H3,(H,21,22). The number of nitrogens with two attached hydrogens (primary N) is 1. The molecule has 0 bridgehead atoms. The van der Waals surface area contributed by atoms with Crippen molar-refractivity contribution in [3.63, 3.8) is 0 Å². The molecule has 0 saturated carbocycles. The van der Waals surface area contributed by atoms with Crippen molar-refractivity contribution in [2.24, 2.45) is 0 Å². The number of nitrogens with one attached hydrogen (secondary N) is 1. The predicted octanol–water partition coefficient (Wildman–Crippen LogP) is 3.65. The van der Waals surface area contributed by atoms with Crippen LogP contribution in [0.15, 0.2) is 60.9 Å². The Kier molecular flexibility index (Phi) is 4.01. The molecule has 3 rings (SSSR count). The Hall–Kier alpha value is -2.88. The maximum absolute atomic E-state index is 5.68. The van der Waals surface area contributed by atoms with Gasteiger partial charge in [0.2, 0.25) is 0 Å². The van der Waals surface area contributed by atoms with E-state index < -0.39 is 0 Å². The third-order valence-corrected chi connectivity index (χ3v) is 3.53. The summed E-state index contributed by atoms with van der Waals surface area (Å²) in [6, 6.07) is 15.9. The Morgan fingerprint density at radius 3 is 2.41 bits per heavy atom. The molecular formula is C18H18N4. The number of nitrogens with zero attached hydrogens (tertiary/aromatic N) is 2. The minimum Gasteiger partial charge on any atom is -0.399 e. The van der Waals surface area contributed by atoms with Gasteiger partial charge in [-0.3, -0.25) is 4.98 Å². The maximum atomic E-state index is 5.68. The number of hydrogen-bond donors (Lipinski definition) is 2. The van der Waals surface area contributed by atoms with Crippen LogP contribution in [-0.4, -0.2) is 9.97 Å². The average Bonchev–Trinajstić information content (AvgIpc) is 2.55.